The molecule has 0 aliphatic carbocycles. The van der Waals surface area contributed by atoms with Crippen LogP contribution in [0.1, 0.15) is 44.1 Å². The Morgan fingerprint density at radius 2 is 2.20 bits per heavy atom. The average molecular weight is 278 g/mol. The standard InChI is InChI=1S/C15H26N4O/c1-5-11(2)6-7-16-15(20)18-9-14(10-18)19-13(4)8-12(3)17-19/h8,11,14H,5-7,9-10H2,1-4H3,(H,16,20)/t11-/m1/s1. The van der Waals surface area contributed by atoms with Crippen molar-refractivity contribution in [3.05, 3.63) is 17.5 Å². The number of urea groups is 1. The lowest BCUT2D eigenvalue weighted by Gasteiger charge is -2.39. The number of nitrogens with zero attached hydrogens (tertiary/aromatic N) is 3. The maximum absolute atomic E-state index is 11.9. The average Bonchev–Trinajstić information content (AvgIpc) is 2.66. The lowest BCUT2D eigenvalue weighted by Crippen LogP contribution is -2.54. The number of aromatic nitrogens is 2. The molecule has 1 atom stereocenters. The molecule has 0 spiro atoms. The maximum Gasteiger partial charge on any atom is 0.317 e. The van der Waals surface area contributed by atoms with E-state index in [1.165, 1.54) is 12.1 Å². The predicted molar refractivity (Wildman–Crippen MR) is 79.8 cm³/mol. The zero-order valence-electron chi connectivity index (χ0n) is 13.0. The van der Waals surface area contributed by atoms with Gasteiger partial charge in [0, 0.05) is 25.3 Å². The fraction of sp³-hybridized carbons (Fsp3) is 0.733. The zero-order valence-corrected chi connectivity index (χ0v) is 13.0. The Morgan fingerprint density at radius 1 is 1.50 bits per heavy atom. The molecule has 1 aliphatic rings. The second kappa shape index (κ2) is 6.29. The smallest absolute Gasteiger partial charge is 0.317 e. The summed E-state index contributed by atoms with van der Waals surface area (Å²) in [5.74, 6) is 0.675. The molecule has 2 heterocycles. The molecule has 1 aromatic heterocycles. The first-order valence-corrected chi connectivity index (χ1v) is 7.56. The van der Waals surface area contributed by atoms with E-state index in [1.807, 2.05) is 16.5 Å². The molecule has 0 radical (unpaired) electrons. The highest BCUT2D eigenvalue weighted by Gasteiger charge is 2.32. The van der Waals surface area contributed by atoms with Gasteiger partial charge < -0.3 is 10.2 Å². The monoisotopic (exact) mass is 278 g/mol. The van der Waals surface area contributed by atoms with Crippen LogP contribution in [0, 0.1) is 19.8 Å². The van der Waals surface area contributed by atoms with Crippen LogP contribution in [0.15, 0.2) is 6.07 Å². The third kappa shape index (κ3) is 3.32. The first kappa shape index (κ1) is 14.9. The summed E-state index contributed by atoms with van der Waals surface area (Å²) in [6.45, 7) is 10.8. The molecule has 2 amide bonds. The molecule has 0 aromatic carbocycles. The fourth-order valence-corrected chi connectivity index (χ4v) is 2.53. The van der Waals surface area contributed by atoms with E-state index in [2.05, 4.69) is 37.3 Å². The van der Waals surface area contributed by atoms with Crippen LogP contribution in [0.4, 0.5) is 4.79 Å². The number of carbonyl (C=O) groups excluding carboxylic acids is 1. The van der Waals surface area contributed by atoms with Crippen LogP contribution < -0.4 is 5.32 Å². The molecule has 1 aliphatic heterocycles. The van der Waals surface area contributed by atoms with Crippen molar-refractivity contribution in [1.82, 2.24) is 20.0 Å². The minimum atomic E-state index is 0.0612. The Morgan fingerprint density at radius 3 is 2.75 bits per heavy atom. The van der Waals surface area contributed by atoms with Gasteiger partial charge in [-0.3, -0.25) is 4.68 Å². The molecule has 20 heavy (non-hydrogen) atoms. The molecule has 1 N–H and O–H groups in total. The molecule has 1 saturated heterocycles. The molecular weight excluding hydrogens is 252 g/mol. The summed E-state index contributed by atoms with van der Waals surface area (Å²) < 4.78 is 2.04. The van der Waals surface area contributed by atoms with Gasteiger partial charge in [0.05, 0.1) is 11.7 Å². The predicted octanol–water partition coefficient (Wildman–Crippen LogP) is 2.50. The van der Waals surface area contributed by atoms with Gasteiger partial charge in [-0.1, -0.05) is 20.3 Å². The Balaban J connectivity index is 1.73. The van der Waals surface area contributed by atoms with Gasteiger partial charge in [0.1, 0.15) is 0 Å². The molecule has 0 unspecified atom stereocenters. The van der Waals surface area contributed by atoms with Crippen molar-refractivity contribution in [1.29, 1.82) is 0 Å². The van der Waals surface area contributed by atoms with E-state index in [4.69, 9.17) is 0 Å². The fourth-order valence-electron chi connectivity index (χ4n) is 2.53. The van der Waals surface area contributed by atoms with Gasteiger partial charge in [0.15, 0.2) is 0 Å². The van der Waals surface area contributed by atoms with Gasteiger partial charge in [-0.05, 0) is 32.3 Å². The van der Waals surface area contributed by atoms with E-state index in [0.717, 1.165) is 31.7 Å². The van der Waals surface area contributed by atoms with Gasteiger partial charge in [-0.15, -0.1) is 0 Å². The van der Waals surface area contributed by atoms with E-state index in [1.54, 1.807) is 0 Å². The van der Waals surface area contributed by atoms with Crippen LogP contribution >= 0.6 is 0 Å². The van der Waals surface area contributed by atoms with E-state index >= 15 is 0 Å². The summed E-state index contributed by atoms with van der Waals surface area (Å²) in [6, 6.07) is 2.48. The first-order chi connectivity index (χ1) is 9.51. The number of amides is 2. The molecular formula is C15H26N4O. The van der Waals surface area contributed by atoms with Crippen molar-refractivity contribution in [3.8, 4) is 0 Å². The summed E-state index contributed by atoms with van der Waals surface area (Å²) in [7, 11) is 0. The molecule has 5 nitrogen and oxygen atoms in total. The molecule has 0 bridgehead atoms. The Bertz CT molecular complexity index is 462. The Labute approximate surface area is 121 Å². The van der Waals surface area contributed by atoms with Crippen molar-refractivity contribution >= 4 is 6.03 Å². The van der Waals surface area contributed by atoms with E-state index in [-0.39, 0.29) is 6.03 Å². The zero-order chi connectivity index (χ0) is 14.7. The maximum atomic E-state index is 11.9. The van der Waals surface area contributed by atoms with Crippen LogP contribution in [0.25, 0.3) is 0 Å². The van der Waals surface area contributed by atoms with Gasteiger partial charge >= 0.3 is 6.03 Å². The van der Waals surface area contributed by atoms with Crippen LogP contribution in [-0.2, 0) is 0 Å². The largest absolute Gasteiger partial charge is 0.338 e. The van der Waals surface area contributed by atoms with Crippen molar-refractivity contribution in [3.63, 3.8) is 0 Å². The molecule has 0 saturated carbocycles. The minimum Gasteiger partial charge on any atom is -0.338 e. The number of aryl methyl sites for hydroxylation is 2. The molecule has 1 aromatic rings. The highest BCUT2D eigenvalue weighted by Crippen LogP contribution is 2.22. The van der Waals surface area contributed by atoms with Crippen molar-refractivity contribution in [2.75, 3.05) is 19.6 Å². The first-order valence-electron chi connectivity index (χ1n) is 7.56. The van der Waals surface area contributed by atoms with Crippen molar-refractivity contribution in [2.24, 2.45) is 5.92 Å². The Hall–Kier alpha value is -1.52. The van der Waals surface area contributed by atoms with Crippen LogP contribution in [0.3, 0.4) is 0 Å². The summed E-state index contributed by atoms with van der Waals surface area (Å²) in [6.07, 6.45) is 2.22. The quantitative estimate of drug-likeness (QED) is 0.899. The second-order valence-electron chi connectivity index (χ2n) is 5.96. The van der Waals surface area contributed by atoms with Crippen molar-refractivity contribution in [2.45, 2.75) is 46.6 Å². The summed E-state index contributed by atoms with van der Waals surface area (Å²) in [4.78, 5) is 13.8. The number of likely N-dealkylation sites (tertiary alicyclic amines) is 1. The SMILES string of the molecule is CC[C@@H](C)CCNC(=O)N1CC(n2nc(C)cc2C)C1. The number of nitrogens with one attached hydrogen (secondary N) is 1. The number of rotatable bonds is 5. The van der Waals surface area contributed by atoms with Gasteiger partial charge in [0.25, 0.3) is 0 Å². The number of hydrogen-bond acceptors (Lipinski definition) is 2. The summed E-state index contributed by atoms with van der Waals surface area (Å²) in [5.41, 5.74) is 2.21. The topological polar surface area (TPSA) is 50.2 Å². The highest BCUT2D eigenvalue weighted by molar-refractivity contribution is 5.75. The summed E-state index contributed by atoms with van der Waals surface area (Å²) >= 11 is 0. The lowest BCUT2D eigenvalue weighted by atomic mass is 10.1. The Kier molecular flexibility index (Phi) is 4.68. The number of hydrogen-bond donors (Lipinski definition) is 1. The lowest BCUT2D eigenvalue weighted by molar-refractivity contribution is 0.117. The van der Waals surface area contributed by atoms with Gasteiger partial charge in [-0.2, -0.15) is 5.10 Å². The normalized spacial score (nSPS) is 16.9. The van der Waals surface area contributed by atoms with E-state index in [9.17, 15) is 4.79 Å². The van der Waals surface area contributed by atoms with Crippen LogP contribution in [-0.4, -0.2) is 40.3 Å². The summed E-state index contributed by atoms with van der Waals surface area (Å²) in [5, 5.41) is 7.48. The molecule has 2 rings (SSSR count). The molecule has 5 heteroatoms. The second-order valence-corrected chi connectivity index (χ2v) is 5.96. The minimum absolute atomic E-state index is 0.0612. The van der Waals surface area contributed by atoms with E-state index in [0.29, 0.717) is 12.0 Å². The van der Waals surface area contributed by atoms with Gasteiger partial charge in [0.2, 0.25) is 0 Å². The third-order valence-electron chi connectivity index (χ3n) is 4.15. The van der Waals surface area contributed by atoms with Crippen molar-refractivity contribution < 1.29 is 4.79 Å². The van der Waals surface area contributed by atoms with E-state index < -0.39 is 0 Å². The third-order valence-corrected chi connectivity index (χ3v) is 4.15. The van der Waals surface area contributed by atoms with Gasteiger partial charge in [-0.25, -0.2) is 4.79 Å². The molecule has 112 valence electrons. The highest BCUT2D eigenvalue weighted by atomic mass is 16.2. The van der Waals surface area contributed by atoms with Crippen LogP contribution in [0.5, 0.6) is 0 Å². The molecule has 1 fully saturated rings. The number of carbonyl (C=O) groups is 1. The van der Waals surface area contributed by atoms with Crippen LogP contribution in [0.2, 0.25) is 0 Å².